The van der Waals surface area contributed by atoms with Crippen LogP contribution in [0, 0.1) is 5.92 Å². The van der Waals surface area contributed by atoms with Crippen LogP contribution in [0.4, 0.5) is 0 Å². The first-order valence-corrected chi connectivity index (χ1v) is 7.29. The summed E-state index contributed by atoms with van der Waals surface area (Å²) in [5.41, 5.74) is 1.04. The number of hydrogen-bond donors (Lipinski definition) is 1. The highest BCUT2D eigenvalue weighted by molar-refractivity contribution is 5.20. The largest absolute Gasteiger partial charge is 0.481 e. The maximum absolute atomic E-state index is 5.40. The first-order valence-electron chi connectivity index (χ1n) is 7.29. The molecule has 0 saturated carbocycles. The van der Waals surface area contributed by atoms with Crippen molar-refractivity contribution in [1.29, 1.82) is 0 Å². The monoisotopic (exact) mass is 288 g/mol. The Bertz CT molecular complexity index is 582. The smallest absolute Gasteiger partial charge is 0.243 e. The highest BCUT2D eigenvalue weighted by Crippen LogP contribution is 2.25. The molecule has 2 atom stereocenters. The lowest BCUT2D eigenvalue weighted by molar-refractivity contribution is 0.259. The van der Waals surface area contributed by atoms with Gasteiger partial charge in [0.25, 0.3) is 0 Å². The van der Waals surface area contributed by atoms with E-state index in [0.29, 0.717) is 29.9 Å². The van der Waals surface area contributed by atoms with Crippen molar-refractivity contribution in [2.24, 2.45) is 5.92 Å². The number of ether oxygens (including phenoxy) is 1. The molecule has 112 valence electrons. The zero-order chi connectivity index (χ0) is 14.7. The summed E-state index contributed by atoms with van der Waals surface area (Å²) in [6.07, 6.45) is 4.64. The predicted octanol–water partition coefficient (Wildman–Crippen LogP) is 2.12. The third-order valence-electron chi connectivity index (χ3n) is 3.82. The van der Waals surface area contributed by atoms with Crippen LogP contribution in [0.5, 0.6) is 5.88 Å². The number of piperidine rings is 1. The molecule has 3 rings (SSSR count). The molecule has 0 spiro atoms. The summed E-state index contributed by atoms with van der Waals surface area (Å²) in [7, 11) is 1.60. The number of pyridine rings is 1. The van der Waals surface area contributed by atoms with E-state index >= 15 is 0 Å². The topological polar surface area (TPSA) is 73.1 Å². The minimum absolute atomic E-state index is 0.184. The van der Waals surface area contributed by atoms with Crippen molar-refractivity contribution < 1.29 is 9.26 Å². The van der Waals surface area contributed by atoms with Crippen LogP contribution in [-0.4, -0.2) is 28.8 Å². The predicted molar refractivity (Wildman–Crippen MR) is 77.0 cm³/mol. The van der Waals surface area contributed by atoms with Crippen LogP contribution in [0.15, 0.2) is 22.9 Å². The van der Waals surface area contributed by atoms with E-state index in [9.17, 15) is 0 Å². The van der Waals surface area contributed by atoms with Gasteiger partial charge in [-0.25, -0.2) is 4.98 Å². The Morgan fingerprint density at radius 2 is 2.33 bits per heavy atom. The van der Waals surface area contributed by atoms with Gasteiger partial charge in [-0.1, -0.05) is 18.1 Å². The highest BCUT2D eigenvalue weighted by atomic mass is 16.5. The number of methoxy groups -OCH3 is 1. The fraction of sp³-hybridized carbons (Fsp3) is 0.533. The second kappa shape index (κ2) is 6.22. The van der Waals surface area contributed by atoms with Gasteiger partial charge >= 0.3 is 0 Å². The molecule has 2 aromatic rings. The lowest BCUT2D eigenvalue weighted by Crippen LogP contribution is -2.30. The first-order chi connectivity index (χ1) is 10.2. The van der Waals surface area contributed by atoms with Crippen molar-refractivity contribution in [2.45, 2.75) is 32.2 Å². The van der Waals surface area contributed by atoms with Gasteiger partial charge in [0.15, 0.2) is 5.82 Å². The summed E-state index contributed by atoms with van der Waals surface area (Å²) in [6.45, 7) is 3.26. The number of hydrogen-bond acceptors (Lipinski definition) is 6. The molecule has 2 aromatic heterocycles. The summed E-state index contributed by atoms with van der Waals surface area (Å²) >= 11 is 0. The molecule has 6 heteroatoms. The molecule has 3 heterocycles. The number of rotatable bonds is 4. The molecule has 1 fully saturated rings. The standard InChI is InChI=1S/C15H20N4O2/c1-10-5-6-16-12(7-10)15-18-13(19-21-15)8-11-3-4-14(20-2)17-9-11/h3-4,9-10,12,16H,5-8H2,1-2H3. The minimum Gasteiger partial charge on any atom is -0.481 e. The van der Waals surface area contributed by atoms with Crippen molar-refractivity contribution in [1.82, 2.24) is 20.4 Å². The van der Waals surface area contributed by atoms with E-state index in [0.717, 1.165) is 18.5 Å². The average molecular weight is 288 g/mol. The van der Waals surface area contributed by atoms with Gasteiger partial charge in [-0.15, -0.1) is 0 Å². The van der Waals surface area contributed by atoms with Gasteiger partial charge in [-0.05, 0) is 30.9 Å². The zero-order valence-corrected chi connectivity index (χ0v) is 12.4. The molecule has 1 saturated heterocycles. The van der Waals surface area contributed by atoms with Crippen molar-refractivity contribution >= 4 is 0 Å². The maximum atomic E-state index is 5.40. The Kier molecular flexibility index (Phi) is 4.15. The molecular formula is C15H20N4O2. The Hall–Kier alpha value is -1.95. The molecule has 1 aliphatic heterocycles. The van der Waals surface area contributed by atoms with Crippen molar-refractivity contribution in [3.8, 4) is 5.88 Å². The van der Waals surface area contributed by atoms with Crippen LogP contribution in [0.3, 0.4) is 0 Å². The average Bonchev–Trinajstić information content (AvgIpc) is 2.97. The molecular weight excluding hydrogens is 268 g/mol. The maximum Gasteiger partial charge on any atom is 0.243 e. The summed E-state index contributed by atoms with van der Waals surface area (Å²) < 4.78 is 10.4. The van der Waals surface area contributed by atoms with E-state index in [1.54, 1.807) is 13.3 Å². The zero-order valence-electron chi connectivity index (χ0n) is 12.4. The van der Waals surface area contributed by atoms with Gasteiger partial charge < -0.3 is 14.6 Å². The summed E-state index contributed by atoms with van der Waals surface area (Å²) in [5, 5.41) is 7.50. The van der Waals surface area contributed by atoms with Gasteiger partial charge in [0.05, 0.1) is 13.2 Å². The second-order valence-corrected chi connectivity index (χ2v) is 5.57. The third kappa shape index (κ3) is 3.39. The second-order valence-electron chi connectivity index (χ2n) is 5.57. The number of nitrogens with zero attached hydrogens (tertiary/aromatic N) is 3. The lowest BCUT2D eigenvalue weighted by atomic mass is 9.94. The summed E-state index contributed by atoms with van der Waals surface area (Å²) in [4.78, 5) is 8.69. The number of nitrogens with one attached hydrogen (secondary N) is 1. The van der Waals surface area contributed by atoms with Gasteiger partial charge in [-0.2, -0.15) is 4.98 Å². The number of aromatic nitrogens is 3. The van der Waals surface area contributed by atoms with Crippen LogP contribution in [0.1, 0.15) is 43.1 Å². The van der Waals surface area contributed by atoms with Crippen LogP contribution in [0.25, 0.3) is 0 Å². The van der Waals surface area contributed by atoms with E-state index in [1.165, 1.54) is 6.42 Å². The molecule has 1 N–H and O–H groups in total. The molecule has 0 amide bonds. The van der Waals surface area contributed by atoms with Crippen LogP contribution in [0.2, 0.25) is 0 Å². The SMILES string of the molecule is COc1ccc(Cc2noc(C3CC(C)CCN3)n2)cn1. The normalized spacial score (nSPS) is 22.2. The van der Waals surface area contributed by atoms with Crippen molar-refractivity contribution in [3.05, 3.63) is 35.6 Å². The Balaban J connectivity index is 1.66. The van der Waals surface area contributed by atoms with Gasteiger partial charge in [0, 0.05) is 18.7 Å². The van der Waals surface area contributed by atoms with Gasteiger partial charge in [0.1, 0.15) is 0 Å². The molecule has 21 heavy (non-hydrogen) atoms. The van der Waals surface area contributed by atoms with Gasteiger partial charge in [-0.3, -0.25) is 0 Å². The van der Waals surface area contributed by atoms with E-state index in [1.807, 2.05) is 12.1 Å². The van der Waals surface area contributed by atoms with E-state index < -0.39 is 0 Å². The molecule has 0 aromatic carbocycles. The van der Waals surface area contributed by atoms with E-state index in [4.69, 9.17) is 9.26 Å². The lowest BCUT2D eigenvalue weighted by Gasteiger charge is -2.25. The quantitative estimate of drug-likeness (QED) is 0.929. The Morgan fingerprint density at radius 1 is 1.43 bits per heavy atom. The fourth-order valence-corrected chi connectivity index (χ4v) is 2.60. The Morgan fingerprint density at radius 3 is 3.05 bits per heavy atom. The van der Waals surface area contributed by atoms with Crippen molar-refractivity contribution in [2.75, 3.05) is 13.7 Å². The summed E-state index contributed by atoms with van der Waals surface area (Å²) in [6, 6.07) is 3.98. The molecule has 1 aliphatic rings. The van der Waals surface area contributed by atoms with Gasteiger partial charge in [0.2, 0.25) is 11.8 Å². The van der Waals surface area contributed by atoms with Crippen molar-refractivity contribution in [3.63, 3.8) is 0 Å². The summed E-state index contributed by atoms with van der Waals surface area (Å²) in [5.74, 6) is 2.68. The molecule has 0 aliphatic carbocycles. The van der Waals surface area contributed by atoms with E-state index in [2.05, 4.69) is 27.4 Å². The highest BCUT2D eigenvalue weighted by Gasteiger charge is 2.24. The van der Waals surface area contributed by atoms with Crippen LogP contribution < -0.4 is 10.1 Å². The fourth-order valence-electron chi connectivity index (χ4n) is 2.60. The van der Waals surface area contributed by atoms with E-state index in [-0.39, 0.29) is 6.04 Å². The third-order valence-corrected chi connectivity index (χ3v) is 3.82. The first kappa shape index (κ1) is 14.0. The van der Waals surface area contributed by atoms with Crippen LogP contribution >= 0.6 is 0 Å². The Labute approximate surface area is 123 Å². The minimum atomic E-state index is 0.184. The molecule has 2 unspecified atom stereocenters. The molecule has 6 nitrogen and oxygen atoms in total. The molecule has 0 radical (unpaired) electrons. The van der Waals surface area contributed by atoms with Crippen LogP contribution in [-0.2, 0) is 6.42 Å². The molecule has 0 bridgehead atoms.